The second-order valence-electron chi connectivity index (χ2n) is 7.64. The van der Waals surface area contributed by atoms with Gasteiger partial charge in [0.05, 0.1) is 17.4 Å². The molecule has 0 atom stereocenters. The van der Waals surface area contributed by atoms with Gasteiger partial charge in [-0.1, -0.05) is 6.07 Å². The quantitative estimate of drug-likeness (QED) is 0.614. The predicted octanol–water partition coefficient (Wildman–Crippen LogP) is 2.74. The van der Waals surface area contributed by atoms with Crippen molar-refractivity contribution in [1.82, 2.24) is 20.3 Å². The lowest BCUT2D eigenvalue weighted by Crippen LogP contribution is -2.61. The van der Waals surface area contributed by atoms with Gasteiger partial charge in [-0.2, -0.15) is 5.26 Å². The lowest BCUT2D eigenvalue weighted by molar-refractivity contribution is 0.0946. The summed E-state index contributed by atoms with van der Waals surface area (Å²) in [7, 11) is 3.79. The molecule has 0 amide bonds. The summed E-state index contributed by atoms with van der Waals surface area (Å²) in [5.41, 5.74) is 3.63. The van der Waals surface area contributed by atoms with Gasteiger partial charge in [0.25, 0.3) is 0 Å². The van der Waals surface area contributed by atoms with Crippen LogP contribution in [0.4, 0.5) is 5.82 Å². The van der Waals surface area contributed by atoms with Gasteiger partial charge in [-0.05, 0) is 37.1 Å². The van der Waals surface area contributed by atoms with Gasteiger partial charge in [0, 0.05) is 36.7 Å². The van der Waals surface area contributed by atoms with Crippen LogP contribution in [-0.4, -0.2) is 45.6 Å². The number of nitrogens with zero attached hydrogens (tertiary/aromatic N) is 4. The molecule has 0 bridgehead atoms. The number of aromatic nitrogens is 3. The van der Waals surface area contributed by atoms with Crippen molar-refractivity contribution in [3.05, 3.63) is 48.4 Å². The second-order valence-corrected chi connectivity index (χ2v) is 8.18. The summed E-state index contributed by atoms with van der Waals surface area (Å²) in [6.45, 7) is 1.81. The SMILES string of the molecule is N#Cc1ccc(N2CC(NC(=P)C3CC(Oc4cccc5[nH]cnc45)C3)C2)nc1. The van der Waals surface area contributed by atoms with Gasteiger partial charge in [0.15, 0.2) is 0 Å². The molecular formula is C21H21N6OP. The van der Waals surface area contributed by atoms with Crippen molar-refractivity contribution in [2.75, 3.05) is 18.0 Å². The van der Waals surface area contributed by atoms with Gasteiger partial charge in [-0.3, -0.25) is 5.32 Å². The zero-order valence-corrected chi connectivity index (χ0v) is 16.8. The number of hydrogen-bond acceptors (Lipinski definition) is 5. The standard InChI is InChI=1S/C21H21N6OP/c22-8-13-4-5-19(23-9-13)27-10-15(11-27)26-21(29)14-6-16(7-14)28-18-3-1-2-17-20(18)25-12-24-17/h1-5,9,12,14-16,26,29H,6-7,10-11H2,(H,24,25). The molecule has 3 heterocycles. The van der Waals surface area contributed by atoms with E-state index in [1.165, 1.54) is 0 Å². The molecule has 2 fully saturated rings. The zero-order valence-electron chi connectivity index (χ0n) is 15.8. The number of H-pyrrole nitrogens is 1. The molecule has 2 aliphatic rings. The van der Waals surface area contributed by atoms with Gasteiger partial charge >= 0.3 is 0 Å². The summed E-state index contributed by atoms with van der Waals surface area (Å²) in [5.74, 6) is 2.24. The van der Waals surface area contributed by atoms with Crippen LogP contribution in [0.3, 0.4) is 0 Å². The molecule has 0 spiro atoms. The fourth-order valence-corrected chi connectivity index (χ4v) is 4.28. The number of nitriles is 1. The molecule has 1 aromatic carbocycles. The first-order valence-corrected chi connectivity index (χ1v) is 10.2. The Morgan fingerprint density at radius 3 is 2.86 bits per heavy atom. The van der Waals surface area contributed by atoms with Crippen molar-refractivity contribution in [2.45, 2.75) is 25.0 Å². The first kappa shape index (κ1) is 18.1. The number of anilines is 1. The van der Waals surface area contributed by atoms with E-state index in [1.807, 2.05) is 30.3 Å². The molecule has 1 aliphatic heterocycles. The molecule has 1 saturated carbocycles. The van der Waals surface area contributed by atoms with E-state index in [0.29, 0.717) is 17.5 Å². The number of rotatable bonds is 6. The summed E-state index contributed by atoms with van der Waals surface area (Å²) in [5, 5.41) is 12.4. The predicted molar refractivity (Wildman–Crippen MR) is 115 cm³/mol. The largest absolute Gasteiger partial charge is 0.488 e. The third-order valence-corrected chi connectivity index (χ3v) is 6.20. The van der Waals surface area contributed by atoms with Crippen molar-refractivity contribution in [3.63, 3.8) is 0 Å². The average molecular weight is 404 g/mol. The van der Waals surface area contributed by atoms with Crippen LogP contribution in [0.2, 0.25) is 0 Å². The summed E-state index contributed by atoms with van der Waals surface area (Å²) < 4.78 is 6.16. The molecule has 1 aliphatic carbocycles. The van der Waals surface area contributed by atoms with Crippen molar-refractivity contribution in [3.8, 4) is 11.8 Å². The van der Waals surface area contributed by atoms with Crippen LogP contribution >= 0.6 is 8.86 Å². The van der Waals surface area contributed by atoms with Crippen molar-refractivity contribution >= 4 is 31.1 Å². The second kappa shape index (κ2) is 7.47. The van der Waals surface area contributed by atoms with Crippen molar-refractivity contribution < 1.29 is 4.74 Å². The highest BCUT2D eigenvalue weighted by Gasteiger charge is 2.36. The Morgan fingerprint density at radius 2 is 2.10 bits per heavy atom. The van der Waals surface area contributed by atoms with Crippen molar-refractivity contribution in [2.24, 2.45) is 5.92 Å². The number of aromatic amines is 1. The topological polar surface area (TPSA) is 89.9 Å². The summed E-state index contributed by atoms with van der Waals surface area (Å²) in [4.78, 5) is 14.0. The highest BCUT2D eigenvalue weighted by atomic mass is 31.0. The van der Waals surface area contributed by atoms with Gasteiger partial charge in [-0.15, -0.1) is 8.86 Å². The molecule has 7 nitrogen and oxygen atoms in total. The van der Waals surface area contributed by atoms with E-state index in [0.717, 1.165) is 53.9 Å². The number of nitrogens with one attached hydrogen (secondary N) is 2. The lowest BCUT2D eigenvalue weighted by Gasteiger charge is -2.43. The van der Waals surface area contributed by atoms with Crippen LogP contribution in [0.1, 0.15) is 18.4 Å². The number of pyridine rings is 1. The Hall–Kier alpha value is -2.94. The molecule has 8 heteroatoms. The summed E-state index contributed by atoms with van der Waals surface area (Å²) in [6, 6.07) is 12.2. The molecular weight excluding hydrogens is 383 g/mol. The van der Waals surface area contributed by atoms with Gasteiger partial charge in [-0.25, -0.2) is 9.97 Å². The van der Waals surface area contributed by atoms with Crippen LogP contribution in [-0.2, 0) is 0 Å². The molecule has 146 valence electrons. The van der Waals surface area contributed by atoms with Crippen LogP contribution in [0.25, 0.3) is 11.0 Å². The third-order valence-electron chi connectivity index (χ3n) is 5.65. The minimum atomic E-state index is 0.219. The van der Waals surface area contributed by atoms with Crippen LogP contribution in [0.15, 0.2) is 42.9 Å². The third kappa shape index (κ3) is 3.57. The number of hydrogen-bond donors (Lipinski definition) is 2. The van der Waals surface area contributed by atoms with Crippen molar-refractivity contribution in [1.29, 1.82) is 5.26 Å². The van der Waals surface area contributed by atoms with Crippen LogP contribution in [0, 0.1) is 17.2 Å². The number of fused-ring (bicyclic) bond motifs is 1. The molecule has 1 saturated heterocycles. The highest BCUT2D eigenvalue weighted by Crippen LogP contribution is 2.34. The Bertz CT molecular complexity index is 1080. The summed E-state index contributed by atoms with van der Waals surface area (Å²) >= 11 is 0. The first-order chi connectivity index (χ1) is 14.2. The van der Waals surface area contributed by atoms with E-state index < -0.39 is 0 Å². The fraction of sp³-hybridized carbons (Fsp3) is 0.333. The minimum Gasteiger partial charge on any atom is -0.488 e. The number of para-hydroxylation sites is 1. The van der Waals surface area contributed by atoms with Crippen LogP contribution < -0.4 is 15.0 Å². The molecule has 2 aromatic heterocycles. The molecule has 3 aromatic rings. The van der Waals surface area contributed by atoms with E-state index >= 15 is 0 Å². The molecule has 0 unspecified atom stereocenters. The lowest BCUT2D eigenvalue weighted by atomic mass is 9.81. The molecule has 29 heavy (non-hydrogen) atoms. The van der Waals surface area contributed by atoms with E-state index in [9.17, 15) is 0 Å². The van der Waals surface area contributed by atoms with Gasteiger partial charge in [0.2, 0.25) is 0 Å². The Labute approximate surface area is 170 Å². The zero-order chi connectivity index (χ0) is 19.8. The normalized spacial score (nSPS) is 21.3. The van der Waals surface area contributed by atoms with E-state index in [4.69, 9.17) is 10.00 Å². The van der Waals surface area contributed by atoms with Crippen LogP contribution in [0.5, 0.6) is 5.75 Å². The first-order valence-electron chi connectivity index (χ1n) is 9.74. The Morgan fingerprint density at radius 1 is 1.24 bits per heavy atom. The minimum absolute atomic E-state index is 0.219. The maximum Gasteiger partial charge on any atom is 0.147 e. The maximum absolute atomic E-state index is 8.86. The summed E-state index contributed by atoms with van der Waals surface area (Å²) in [6.07, 6.45) is 5.51. The number of benzene rings is 1. The fourth-order valence-electron chi connectivity index (χ4n) is 3.84. The molecule has 0 radical (unpaired) electrons. The van der Waals surface area contributed by atoms with Gasteiger partial charge in [0.1, 0.15) is 29.3 Å². The van der Waals surface area contributed by atoms with E-state index in [1.54, 1.807) is 12.5 Å². The smallest absolute Gasteiger partial charge is 0.147 e. The average Bonchev–Trinajstić information content (AvgIpc) is 3.16. The Kier molecular flexibility index (Phi) is 4.67. The number of ether oxygens (including phenoxy) is 1. The maximum atomic E-state index is 8.86. The number of imidazole rings is 1. The molecule has 5 rings (SSSR count). The van der Waals surface area contributed by atoms with E-state index in [-0.39, 0.29) is 6.10 Å². The van der Waals surface area contributed by atoms with Gasteiger partial charge < -0.3 is 14.6 Å². The Balaban J connectivity index is 1.08. The highest BCUT2D eigenvalue weighted by molar-refractivity contribution is 7.21. The molecule has 2 N–H and O–H groups in total. The monoisotopic (exact) mass is 404 g/mol. The van der Waals surface area contributed by atoms with E-state index in [2.05, 4.69) is 40.1 Å².